The maximum atomic E-state index is 13.8. The fourth-order valence-electron chi connectivity index (χ4n) is 2.13. The molecule has 1 aromatic carbocycles. The average molecular weight is 279 g/mol. The molecule has 0 amide bonds. The van der Waals surface area contributed by atoms with E-state index in [9.17, 15) is 8.78 Å². The standard InChI is InChI=1S/C15H19F2N3/c1-3-6-18-14(15-9-20(2)10-19-15)8-11-7-12(16)4-5-13(11)17/h4-5,7,9-10,14,18H,3,6,8H2,1-2H3. The fraction of sp³-hybridized carbons (Fsp3) is 0.400. The van der Waals surface area contributed by atoms with Gasteiger partial charge in [0, 0.05) is 13.2 Å². The number of halogens is 2. The van der Waals surface area contributed by atoms with Gasteiger partial charge in [0.25, 0.3) is 0 Å². The van der Waals surface area contributed by atoms with Crippen molar-refractivity contribution in [3.63, 3.8) is 0 Å². The highest BCUT2D eigenvalue weighted by Gasteiger charge is 2.16. The average Bonchev–Trinajstić information content (AvgIpc) is 2.85. The lowest BCUT2D eigenvalue weighted by Crippen LogP contribution is -2.24. The van der Waals surface area contributed by atoms with Gasteiger partial charge in [-0.25, -0.2) is 13.8 Å². The number of rotatable bonds is 6. The van der Waals surface area contributed by atoms with Crippen LogP contribution in [0.5, 0.6) is 0 Å². The van der Waals surface area contributed by atoms with Crippen molar-refractivity contribution in [2.45, 2.75) is 25.8 Å². The molecule has 0 saturated carbocycles. The van der Waals surface area contributed by atoms with E-state index in [1.807, 2.05) is 17.8 Å². The third-order valence-corrected chi connectivity index (χ3v) is 3.15. The van der Waals surface area contributed by atoms with E-state index in [4.69, 9.17) is 0 Å². The maximum absolute atomic E-state index is 13.8. The Labute approximate surface area is 117 Å². The number of nitrogens with zero attached hydrogens (tertiary/aromatic N) is 2. The molecule has 108 valence electrons. The summed E-state index contributed by atoms with van der Waals surface area (Å²) in [6, 6.07) is 3.43. The van der Waals surface area contributed by atoms with Gasteiger partial charge in [-0.15, -0.1) is 0 Å². The first-order chi connectivity index (χ1) is 9.60. The maximum Gasteiger partial charge on any atom is 0.126 e. The van der Waals surface area contributed by atoms with Crippen LogP contribution in [-0.4, -0.2) is 16.1 Å². The second kappa shape index (κ2) is 6.61. The van der Waals surface area contributed by atoms with Crippen LogP contribution in [0.25, 0.3) is 0 Å². The van der Waals surface area contributed by atoms with Gasteiger partial charge in [0.1, 0.15) is 11.6 Å². The molecule has 0 aliphatic rings. The SMILES string of the molecule is CCCNC(Cc1cc(F)ccc1F)c1cn(C)cn1. The van der Waals surface area contributed by atoms with Crippen LogP contribution < -0.4 is 5.32 Å². The molecule has 2 rings (SSSR count). The monoisotopic (exact) mass is 279 g/mol. The molecule has 2 aromatic rings. The molecule has 1 heterocycles. The van der Waals surface area contributed by atoms with Crippen molar-refractivity contribution in [3.8, 4) is 0 Å². The van der Waals surface area contributed by atoms with Crippen LogP contribution in [0.15, 0.2) is 30.7 Å². The van der Waals surface area contributed by atoms with E-state index >= 15 is 0 Å². The molecular formula is C15H19F2N3. The molecule has 1 unspecified atom stereocenters. The van der Waals surface area contributed by atoms with Crippen molar-refractivity contribution in [1.82, 2.24) is 14.9 Å². The van der Waals surface area contributed by atoms with Crippen LogP contribution in [0.3, 0.4) is 0 Å². The molecule has 0 aliphatic heterocycles. The van der Waals surface area contributed by atoms with E-state index in [0.29, 0.717) is 12.0 Å². The highest BCUT2D eigenvalue weighted by atomic mass is 19.1. The molecule has 0 fully saturated rings. The van der Waals surface area contributed by atoms with Crippen LogP contribution in [-0.2, 0) is 13.5 Å². The lowest BCUT2D eigenvalue weighted by atomic mass is 10.0. The third kappa shape index (κ3) is 3.63. The Kier molecular flexibility index (Phi) is 4.84. The Bertz CT molecular complexity index is 566. The number of hydrogen-bond donors (Lipinski definition) is 1. The van der Waals surface area contributed by atoms with E-state index < -0.39 is 5.82 Å². The molecule has 0 radical (unpaired) electrons. The Balaban J connectivity index is 2.21. The van der Waals surface area contributed by atoms with Crippen molar-refractivity contribution in [1.29, 1.82) is 0 Å². The molecule has 1 N–H and O–H groups in total. The largest absolute Gasteiger partial charge is 0.340 e. The number of imidazole rings is 1. The Morgan fingerprint density at radius 3 is 2.80 bits per heavy atom. The second-order valence-electron chi connectivity index (χ2n) is 4.91. The Morgan fingerprint density at radius 2 is 2.15 bits per heavy atom. The summed E-state index contributed by atoms with van der Waals surface area (Å²) in [5.41, 5.74) is 1.20. The zero-order valence-electron chi connectivity index (χ0n) is 11.7. The summed E-state index contributed by atoms with van der Waals surface area (Å²) in [7, 11) is 1.89. The summed E-state index contributed by atoms with van der Waals surface area (Å²) in [4.78, 5) is 4.30. The molecule has 1 aromatic heterocycles. The van der Waals surface area contributed by atoms with Crippen LogP contribution in [0, 0.1) is 11.6 Å². The molecule has 5 heteroatoms. The number of hydrogen-bond acceptors (Lipinski definition) is 2. The molecule has 20 heavy (non-hydrogen) atoms. The van der Waals surface area contributed by atoms with E-state index in [2.05, 4.69) is 17.2 Å². The molecule has 1 atom stereocenters. The quantitative estimate of drug-likeness (QED) is 0.881. The van der Waals surface area contributed by atoms with E-state index in [0.717, 1.165) is 24.7 Å². The van der Waals surface area contributed by atoms with Crippen molar-refractivity contribution >= 4 is 0 Å². The number of nitrogens with one attached hydrogen (secondary N) is 1. The lowest BCUT2D eigenvalue weighted by molar-refractivity contribution is 0.501. The minimum absolute atomic E-state index is 0.118. The van der Waals surface area contributed by atoms with E-state index in [1.165, 1.54) is 12.1 Å². The minimum atomic E-state index is -0.420. The number of benzene rings is 1. The summed E-state index contributed by atoms with van der Waals surface area (Å²) in [5.74, 6) is -0.803. The number of aryl methyl sites for hydroxylation is 1. The van der Waals surface area contributed by atoms with Gasteiger partial charge in [-0.1, -0.05) is 6.92 Å². The van der Waals surface area contributed by atoms with Crippen LogP contribution >= 0.6 is 0 Å². The molecule has 0 saturated heterocycles. The van der Waals surface area contributed by atoms with Crippen molar-refractivity contribution in [2.75, 3.05) is 6.54 Å². The minimum Gasteiger partial charge on any atom is -0.340 e. The topological polar surface area (TPSA) is 29.9 Å². The zero-order chi connectivity index (χ0) is 14.5. The molecule has 0 bridgehead atoms. The van der Waals surface area contributed by atoms with Crippen LogP contribution in [0.1, 0.15) is 30.6 Å². The van der Waals surface area contributed by atoms with E-state index in [-0.39, 0.29) is 11.9 Å². The molecule has 0 spiro atoms. The van der Waals surface area contributed by atoms with Gasteiger partial charge in [0.2, 0.25) is 0 Å². The Morgan fingerprint density at radius 1 is 1.35 bits per heavy atom. The van der Waals surface area contributed by atoms with Crippen LogP contribution in [0.2, 0.25) is 0 Å². The summed E-state index contributed by atoms with van der Waals surface area (Å²) in [6.45, 7) is 2.86. The van der Waals surface area contributed by atoms with Crippen molar-refractivity contribution in [2.24, 2.45) is 7.05 Å². The summed E-state index contributed by atoms with van der Waals surface area (Å²) < 4.78 is 28.8. The third-order valence-electron chi connectivity index (χ3n) is 3.15. The molecule has 0 aliphatic carbocycles. The van der Waals surface area contributed by atoms with Gasteiger partial charge in [0.15, 0.2) is 0 Å². The van der Waals surface area contributed by atoms with Gasteiger partial charge < -0.3 is 9.88 Å². The zero-order valence-corrected chi connectivity index (χ0v) is 11.7. The van der Waals surface area contributed by atoms with Crippen LogP contribution in [0.4, 0.5) is 8.78 Å². The van der Waals surface area contributed by atoms with Crippen molar-refractivity contribution < 1.29 is 8.78 Å². The van der Waals surface area contributed by atoms with Gasteiger partial charge in [-0.3, -0.25) is 0 Å². The van der Waals surface area contributed by atoms with Gasteiger partial charge >= 0.3 is 0 Å². The summed E-state index contributed by atoms with van der Waals surface area (Å²) in [5, 5.41) is 3.33. The molecular weight excluding hydrogens is 260 g/mol. The first-order valence-corrected chi connectivity index (χ1v) is 6.75. The second-order valence-corrected chi connectivity index (χ2v) is 4.91. The van der Waals surface area contributed by atoms with Gasteiger partial charge in [-0.05, 0) is 43.1 Å². The Hall–Kier alpha value is -1.75. The highest BCUT2D eigenvalue weighted by molar-refractivity contribution is 5.21. The highest BCUT2D eigenvalue weighted by Crippen LogP contribution is 2.19. The number of aromatic nitrogens is 2. The van der Waals surface area contributed by atoms with Gasteiger partial charge in [-0.2, -0.15) is 0 Å². The predicted octanol–water partition coefficient (Wildman–Crippen LogP) is 2.98. The predicted molar refractivity (Wildman–Crippen MR) is 74.3 cm³/mol. The normalized spacial score (nSPS) is 12.6. The lowest BCUT2D eigenvalue weighted by Gasteiger charge is -2.17. The molecule has 3 nitrogen and oxygen atoms in total. The van der Waals surface area contributed by atoms with E-state index in [1.54, 1.807) is 6.33 Å². The summed E-state index contributed by atoms with van der Waals surface area (Å²) in [6.07, 6.45) is 4.94. The first-order valence-electron chi connectivity index (χ1n) is 6.75. The van der Waals surface area contributed by atoms with Crippen molar-refractivity contribution in [3.05, 3.63) is 53.6 Å². The first kappa shape index (κ1) is 14.7. The summed E-state index contributed by atoms with van der Waals surface area (Å²) >= 11 is 0. The fourth-order valence-corrected chi connectivity index (χ4v) is 2.13. The van der Waals surface area contributed by atoms with Gasteiger partial charge in [0.05, 0.1) is 18.1 Å². The smallest absolute Gasteiger partial charge is 0.126 e.